The zero-order valence-electron chi connectivity index (χ0n) is 17.2. The van der Waals surface area contributed by atoms with Crippen LogP contribution in [0.25, 0.3) is 17.1 Å². The molecule has 0 bridgehead atoms. The number of amides is 1. The molecule has 33 heavy (non-hydrogen) atoms. The van der Waals surface area contributed by atoms with Crippen LogP contribution in [0.15, 0.2) is 78.0 Å². The molecular weight excluding hydrogens is 461 g/mol. The van der Waals surface area contributed by atoms with Crippen LogP contribution in [0.4, 0.5) is 10.1 Å². The van der Waals surface area contributed by atoms with Crippen molar-refractivity contribution < 1.29 is 9.18 Å². The molecule has 4 rings (SSSR count). The minimum absolute atomic E-state index is 0.0368. The van der Waals surface area contributed by atoms with Crippen LogP contribution >= 0.6 is 23.4 Å². The van der Waals surface area contributed by atoms with Crippen LogP contribution in [0.5, 0.6) is 0 Å². The number of benzene rings is 3. The smallest absolute Gasteiger partial charge is 0.234 e. The SMILES string of the molecule is N#CCc1ccc(NC(=O)CSc2nnc(-c3ccccc3Cl)n2-c2ccccc2F)cc1. The van der Waals surface area contributed by atoms with Gasteiger partial charge >= 0.3 is 0 Å². The van der Waals surface area contributed by atoms with Crippen molar-refractivity contribution in [1.29, 1.82) is 5.26 Å². The van der Waals surface area contributed by atoms with Gasteiger partial charge in [0.2, 0.25) is 5.91 Å². The van der Waals surface area contributed by atoms with Crippen molar-refractivity contribution in [2.24, 2.45) is 0 Å². The van der Waals surface area contributed by atoms with E-state index in [1.165, 1.54) is 6.07 Å². The molecule has 0 saturated carbocycles. The summed E-state index contributed by atoms with van der Waals surface area (Å²) < 4.78 is 16.2. The van der Waals surface area contributed by atoms with Crippen molar-refractivity contribution in [1.82, 2.24) is 14.8 Å². The molecular formula is C24H17ClFN5OS. The third-order valence-electron chi connectivity index (χ3n) is 4.69. The average molecular weight is 478 g/mol. The van der Waals surface area contributed by atoms with Gasteiger partial charge in [0.05, 0.1) is 29.0 Å². The molecule has 1 amide bonds. The Bertz CT molecular complexity index is 1330. The molecule has 0 radical (unpaired) electrons. The number of nitrogens with zero attached hydrogens (tertiary/aromatic N) is 4. The van der Waals surface area contributed by atoms with E-state index in [-0.39, 0.29) is 17.3 Å². The zero-order valence-corrected chi connectivity index (χ0v) is 18.8. The number of rotatable bonds is 7. The Hall–Kier alpha value is -3.67. The number of aromatic nitrogens is 3. The van der Waals surface area contributed by atoms with Gasteiger partial charge < -0.3 is 5.32 Å². The Morgan fingerprint density at radius 3 is 2.52 bits per heavy atom. The number of para-hydroxylation sites is 1. The fourth-order valence-corrected chi connectivity index (χ4v) is 4.12. The number of halogens is 2. The van der Waals surface area contributed by atoms with Gasteiger partial charge in [-0.25, -0.2) is 4.39 Å². The number of nitrogens with one attached hydrogen (secondary N) is 1. The summed E-state index contributed by atoms with van der Waals surface area (Å²) in [5, 5.41) is 20.8. The highest BCUT2D eigenvalue weighted by molar-refractivity contribution is 7.99. The Labute approximate surface area is 199 Å². The standard InChI is InChI=1S/C24H17ClFN5OS/c25-19-6-2-1-5-18(19)23-29-30-24(31(23)21-8-4-3-7-20(21)26)33-15-22(32)28-17-11-9-16(10-12-17)13-14-27/h1-12H,13,15H2,(H,28,32). The molecule has 0 aliphatic carbocycles. The number of thioether (sulfide) groups is 1. The van der Waals surface area contributed by atoms with Crippen LogP contribution in [0.3, 0.4) is 0 Å². The number of hydrogen-bond donors (Lipinski definition) is 1. The second kappa shape index (κ2) is 10.3. The largest absolute Gasteiger partial charge is 0.325 e. The van der Waals surface area contributed by atoms with Crippen molar-refractivity contribution in [3.8, 4) is 23.1 Å². The van der Waals surface area contributed by atoms with E-state index >= 15 is 0 Å². The first-order valence-corrected chi connectivity index (χ1v) is 11.3. The molecule has 3 aromatic carbocycles. The molecule has 0 aliphatic rings. The lowest BCUT2D eigenvalue weighted by Crippen LogP contribution is -2.14. The molecule has 0 fully saturated rings. The summed E-state index contributed by atoms with van der Waals surface area (Å²) in [6.07, 6.45) is 0.309. The van der Waals surface area contributed by atoms with Crippen molar-refractivity contribution in [3.05, 3.63) is 89.2 Å². The molecule has 0 unspecified atom stereocenters. The summed E-state index contributed by atoms with van der Waals surface area (Å²) in [6.45, 7) is 0. The summed E-state index contributed by atoms with van der Waals surface area (Å²) in [6, 6.07) is 22.5. The summed E-state index contributed by atoms with van der Waals surface area (Å²) in [5.74, 6) is -0.291. The van der Waals surface area contributed by atoms with E-state index in [9.17, 15) is 9.18 Å². The molecule has 164 valence electrons. The molecule has 1 heterocycles. The lowest BCUT2D eigenvalue weighted by atomic mass is 10.1. The predicted octanol–water partition coefficient (Wildman–Crippen LogP) is 5.52. The molecule has 0 atom stereocenters. The number of nitriles is 1. The Morgan fingerprint density at radius 1 is 1.06 bits per heavy atom. The monoisotopic (exact) mass is 477 g/mol. The number of hydrogen-bond acceptors (Lipinski definition) is 5. The first-order chi connectivity index (χ1) is 16.1. The first-order valence-electron chi connectivity index (χ1n) is 9.90. The van der Waals surface area contributed by atoms with Crippen molar-refractivity contribution >= 4 is 35.0 Å². The first kappa shape index (κ1) is 22.5. The summed E-state index contributed by atoms with van der Waals surface area (Å²) in [5.41, 5.74) is 2.35. The van der Waals surface area contributed by atoms with Crippen LogP contribution in [-0.2, 0) is 11.2 Å². The maximum absolute atomic E-state index is 14.7. The zero-order chi connectivity index (χ0) is 23.2. The third kappa shape index (κ3) is 5.22. The quantitative estimate of drug-likeness (QED) is 0.354. The van der Waals surface area contributed by atoms with Gasteiger partial charge in [0, 0.05) is 11.3 Å². The van der Waals surface area contributed by atoms with Crippen LogP contribution < -0.4 is 5.32 Å². The van der Waals surface area contributed by atoms with Gasteiger partial charge in [-0.3, -0.25) is 9.36 Å². The van der Waals surface area contributed by atoms with Crippen molar-refractivity contribution in [2.45, 2.75) is 11.6 Å². The maximum Gasteiger partial charge on any atom is 0.234 e. The number of carbonyl (C=O) groups excluding carboxylic acids is 1. The second-order valence-corrected chi connectivity index (χ2v) is 8.29. The normalized spacial score (nSPS) is 10.6. The van der Waals surface area contributed by atoms with Gasteiger partial charge in [-0.05, 0) is 42.0 Å². The molecule has 1 aromatic heterocycles. The van der Waals surface area contributed by atoms with Gasteiger partial charge in [0.25, 0.3) is 0 Å². The minimum atomic E-state index is -0.450. The summed E-state index contributed by atoms with van der Waals surface area (Å²) in [7, 11) is 0. The minimum Gasteiger partial charge on any atom is -0.325 e. The Balaban J connectivity index is 1.58. The van der Waals surface area contributed by atoms with Gasteiger partial charge in [0.15, 0.2) is 11.0 Å². The molecule has 9 heteroatoms. The molecule has 0 saturated heterocycles. The van der Waals surface area contributed by atoms with Crippen LogP contribution in [0.1, 0.15) is 5.56 Å². The number of carbonyl (C=O) groups is 1. The summed E-state index contributed by atoms with van der Waals surface area (Å²) >= 11 is 7.49. The van der Waals surface area contributed by atoms with E-state index in [1.807, 2.05) is 6.07 Å². The van der Waals surface area contributed by atoms with Crippen LogP contribution in [-0.4, -0.2) is 26.4 Å². The second-order valence-electron chi connectivity index (χ2n) is 6.94. The van der Waals surface area contributed by atoms with E-state index in [0.29, 0.717) is 33.7 Å². The van der Waals surface area contributed by atoms with Crippen molar-refractivity contribution in [3.63, 3.8) is 0 Å². The van der Waals surface area contributed by atoms with E-state index in [4.69, 9.17) is 16.9 Å². The number of anilines is 1. The highest BCUT2D eigenvalue weighted by Gasteiger charge is 2.20. The van der Waals surface area contributed by atoms with E-state index in [0.717, 1.165) is 17.3 Å². The van der Waals surface area contributed by atoms with Gasteiger partial charge in [-0.15, -0.1) is 10.2 Å². The molecule has 0 aliphatic heterocycles. The van der Waals surface area contributed by atoms with Crippen LogP contribution in [0.2, 0.25) is 5.02 Å². The third-order valence-corrected chi connectivity index (χ3v) is 5.95. The molecule has 0 spiro atoms. The maximum atomic E-state index is 14.7. The van der Waals surface area contributed by atoms with Crippen LogP contribution in [0, 0.1) is 17.1 Å². The predicted molar refractivity (Wildman–Crippen MR) is 127 cm³/mol. The van der Waals surface area contributed by atoms with Crippen molar-refractivity contribution in [2.75, 3.05) is 11.1 Å². The molecule has 4 aromatic rings. The highest BCUT2D eigenvalue weighted by Crippen LogP contribution is 2.32. The van der Waals surface area contributed by atoms with E-state index in [2.05, 4.69) is 21.6 Å². The molecule has 6 nitrogen and oxygen atoms in total. The van der Waals surface area contributed by atoms with Gasteiger partial charge in [0.1, 0.15) is 5.82 Å². The van der Waals surface area contributed by atoms with Gasteiger partial charge in [-0.1, -0.05) is 59.8 Å². The Morgan fingerprint density at radius 2 is 1.79 bits per heavy atom. The average Bonchev–Trinajstić information content (AvgIpc) is 3.23. The summed E-state index contributed by atoms with van der Waals surface area (Å²) in [4.78, 5) is 12.5. The van der Waals surface area contributed by atoms with E-state index < -0.39 is 5.82 Å². The lowest BCUT2D eigenvalue weighted by Gasteiger charge is -2.12. The van der Waals surface area contributed by atoms with Gasteiger partial charge in [-0.2, -0.15) is 5.26 Å². The fraction of sp³-hybridized carbons (Fsp3) is 0.0833. The lowest BCUT2D eigenvalue weighted by molar-refractivity contribution is -0.113. The molecule has 1 N–H and O–H groups in total. The topological polar surface area (TPSA) is 83.6 Å². The van der Waals surface area contributed by atoms with E-state index in [1.54, 1.807) is 65.2 Å². The highest BCUT2D eigenvalue weighted by atomic mass is 35.5. The Kier molecular flexibility index (Phi) is 7.03. The fourth-order valence-electron chi connectivity index (χ4n) is 3.16.